The second kappa shape index (κ2) is 11.7. The number of hydrogen-bond donors (Lipinski definition) is 0. The number of aromatic nitrogens is 1. The third-order valence-corrected chi connectivity index (χ3v) is 6.71. The zero-order valence-electron chi connectivity index (χ0n) is 20.8. The highest BCUT2D eigenvalue weighted by Crippen LogP contribution is 2.37. The number of alkyl halides is 6. The van der Waals surface area contributed by atoms with Crippen LogP contribution in [0.5, 0.6) is 0 Å². The number of halogens is 7. The number of rotatable bonds is 7. The van der Waals surface area contributed by atoms with Gasteiger partial charge in [0, 0.05) is 43.6 Å². The third kappa shape index (κ3) is 7.56. The zero-order valence-corrected chi connectivity index (χ0v) is 20.8. The van der Waals surface area contributed by atoms with E-state index in [4.69, 9.17) is 0 Å². The molecule has 1 amide bonds. The molecule has 11 heteroatoms. The third-order valence-electron chi connectivity index (χ3n) is 6.71. The van der Waals surface area contributed by atoms with E-state index in [2.05, 4.69) is 9.88 Å². The highest BCUT2D eigenvalue weighted by molar-refractivity contribution is 5.95. The Morgan fingerprint density at radius 2 is 1.56 bits per heavy atom. The van der Waals surface area contributed by atoms with Crippen LogP contribution < -0.4 is 0 Å². The number of amides is 1. The van der Waals surface area contributed by atoms with Crippen LogP contribution in [0.4, 0.5) is 30.7 Å². The maximum absolute atomic E-state index is 13.4. The zero-order chi connectivity index (χ0) is 28.2. The Morgan fingerprint density at radius 1 is 0.897 bits per heavy atom. The molecule has 0 spiro atoms. The lowest BCUT2D eigenvalue weighted by molar-refractivity contribution is -0.143. The van der Waals surface area contributed by atoms with Crippen molar-refractivity contribution in [2.45, 2.75) is 37.7 Å². The van der Waals surface area contributed by atoms with Crippen molar-refractivity contribution >= 4 is 5.91 Å². The smallest absolute Gasteiger partial charge is 0.333 e. The molecule has 0 radical (unpaired) electrons. The number of pyridine rings is 1. The Morgan fingerprint density at radius 3 is 2.15 bits per heavy atom. The van der Waals surface area contributed by atoms with Crippen LogP contribution in [0.2, 0.25) is 0 Å². The van der Waals surface area contributed by atoms with Crippen molar-refractivity contribution < 1.29 is 35.5 Å². The summed E-state index contributed by atoms with van der Waals surface area (Å²) in [4.78, 5) is 21.0. The number of carbonyl (C=O) groups excluding carboxylic acids is 1. The Hall–Kier alpha value is -3.47. The lowest BCUT2D eigenvalue weighted by Crippen LogP contribution is -2.56. The maximum atomic E-state index is 13.4. The van der Waals surface area contributed by atoms with Crippen LogP contribution >= 0.6 is 0 Å². The molecule has 3 aromatic rings. The first-order chi connectivity index (χ1) is 18.4. The summed E-state index contributed by atoms with van der Waals surface area (Å²) in [5.74, 6) is -1.36. The van der Waals surface area contributed by atoms with E-state index < -0.39 is 46.8 Å². The number of aryl methyl sites for hydroxylation is 1. The lowest BCUT2D eigenvalue weighted by Gasteiger charge is -2.42. The molecule has 1 aliphatic heterocycles. The van der Waals surface area contributed by atoms with Gasteiger partial charge in [-0.2, -0.15) is 26.3 Å². The molecule has 1 saturated heterocycles. The standard InChI is InChI=1S/C28H26F7N3O/c29-24-7-5-19(6-8-24)13-25-18-37(10-2-4-20-3-1-9-36-17-20)11-12-38(25)26(39)21-14-22(27(30,31)32)16-23(15-21)28(33,34)35/h1,3,5-9,14-17,25H,2,4,10-13,18H2/t25-/m1/s1. The topological polar surface area (TPSA) is 36.4 Å². The van der Waals surface area contributed by atoms with Gasteiger partial charge in [0.1, 0.15) is 5.82 Å². The molecule has 0 aliphatic carbocycles. The van der Waals surface area contributed by atoms with Gasteiger partial charge in [0.05, 0.1) is 11.1 Å². The molecule has 39 heavy (non-hydrogen) atoms. The molecule has 1 atom stereocenters. The first-order valence-corrected chi connectivity index (χ1v) is 12.4. The van der Waals surface area contributed by atoms with Gasteiger partial charge in [0.25, 0.3) is 5.91 Å². The van der Waals surface area contributed by atoms with E-state index in [0.29, 0.717) is 37.3 Å². The van der Waals surface area contributed by atoms with Crippen molar-refractivity contribution in [3.05, 3.63) is 101 Å². The van der Waals surface area contributed by atoms with Gasteiger partial charge in [-0.05, 0) is 73.3 Å². The van der Waals surface area contributed by atoms with E-state index in [0.717, 1.165) is 18.4 Å². The molecule has 4 nitrogen and oxygen atoms in total. The molecule has 1 aromatic heterocycles. The van der Waals surface area contributed by atoms with Crippen molar-refractivity contribution in [2.24, 2.45) is 0 Å². The van der Waals surface area contributed by atoms with Crippen LogP contribution in [0.15, 0.2) is 67.0 Å². The predicted molar refractivity (Wildman–Crippen MR) is 130 cm³/mol. The molecule has 2 aromatic carbocycles. The summed E-state index contributed by atoms with van der Waals surface area (Å²) in [6.07, 6.45) is -4.82. The molecular weight excluding hydrogens is 527 g/mol. The lowest BCUT2D eigenvalue weighted by atomic mass is 9.99. The second-order valence-corrected chi connectivity index (χ2v) is 9.54. The highest BCUT2D eigenvalue weighted by Gasteiger charge is 2.39. The van der Waals surface area contributed by atoms with Crippen LogP contribution in [-0.2, 0) is 25.2 Å². The fourth-order valence-electron chi connectivity index (χ4n) is 4.75. The average molecular weight is 554 g/mol. The Balaban J connectivity index is 1.57. The van der Waals surface area contributed by atoms with E-state index in [1.807, 2.05) is 12.1 Å². The Labute approximate surface area is 221 Å². The molecule has 0 bridgehead atoms. The van der Waals surface area contributed by atoms with Crippen molar-refractivity contribution in [3.63, 3.8) is 0 Å². The normalized spacial score (nSPS) is 16.9. The number of carbonyl (C=O) groups is 1. The summed E-state index contributed by atoms with van der Waals surface area (Å²) in [6.45, 7) is 1.57. The molecule has 0 N–H and O–H groups in total. The average Bonchev–Trinajstić information content (AvgIpc) is 2.89. The fourth-order valence-corrected chi connectivity index (χ4v) is 4.75. The summed E-state index contributed by atoms with van der Waals surface area (Å²) in [5.41, 5.74) is -1.99. The van der Waals surface area contributed by atoms with Crippen LogP contribution in [0, 0.1) is 5.82 Å². The fraction of sp³-hybridized carbons (Fsp3) is 0.357. The molecule has 1 fully saturated rings. The number of nitrogens with zero attached hydrogens (tertiary/aromatic N) is 3. The molecule has 0 unspecified atom stereocenters. The van der Waals surface area contributed by atoms with Crippen molar-refractivity contribution in [3.8, 4) is 0 Å². The molecule has 0 saturated carbocycles. The largest absolute Gasteiger partial charge is 0.416 e. The first-order valence-electron chi connectivity index (χ1n) is 12.4. The number of benzene rings is 2. The van der Waals surface area contributed by atoms with Gasteiger partial charge in [-0.3, -0.25) is 14.7 Å². The quantitative estimate of drug-likeness (QED) is 0.324. The highest BCUT2D eigenvalue weighted by atomic mass is 19.4. The summed E-state index contributed by atoms with van der Waals surface area (Å²) < 4.78 is 93.8. The summed E-state index contributed by atoms with van der Waals surface area (Å²) in [6, 6.07) is 9.82. The van der Waals surface area contributed by atoms with Gasteiger partial charge in [0.15, 0.2) is 0 Å². The van der Waals surface area contributed by atoms with Crippen LogP contribution in [-0.4, -0.2) is 52.9 Å². The minimum Gasteiger partial charge on any atom is -0.333 e. The van der Waals surface area contributed by atoms with Crippen molar-refractivity contribution in [1.82, 2.24) is 14.8 Å². The maximum Gasteiger partial charge on any atom is 0.416 e. The van der Waals surface area contributed by atoms with Gasteiger partial charge in [0.2, 0.25) is 0 Å². The summed E-state index contributed by atoms with van der Waals surface area (Å²) in [7, 11) is 0. The van der Waals surface area contributed by atoms with E-state index in [1.54, 1.807) is 24.5 Å². The second-order valence-electron chi connectivity index (χ2n) is 9.54. The summed E-state index contributed by atoms with van der Waals surface area (Å²) >= 11 is 0. The van der Waals surface area contributed by atoms with Crippen LogP contribution in [0.1, 0.15) is 39.0 Å². The Kier molecular flexibility index (Phi) is 8.58. The van der Waals surface area contributed by atoms with Crippen molar-refractivity contribution in [2.75, 3.05) is 26.2 Å². The molecule has 1 aliphatic rings. The van der Waals surface area contributed by atoms with Gasteiger partial charge in [-0.25, -0.2) is 4.39 Å². The van der Waals surface area contributed by atoms with Crippen LogP contribution in [0.25, 0.3) is 0 Å². The minimum absolute atomic E-state index is 0.00692. The van der Waals surface area contributed by atoms with E-state index in [9.17, 15) is 35.5 Å². The van der Waals surface area contributed by atoms with E-state index in [-0.39, 0.29) is 19.0 Å². The van der Waals surface area contributed by atoms with Gasteiger partial charge in [-0.15, -0.1) is 0 Å². The Bertz CT molecular complexity index is 1230. The number of hydrogen-bond acceptors (Lipinski definition) is 3. The van der Waals surface area contributed by atoms with Gasteiger partial charge < -0.3 is 4.90 Å². The SMILES string of the molecule is O=C(c1cc(C(F)(F)F)cc(C(F)(F)F)c1)N1CCN(CCCc2cccnc2)C[C@H]1Cc1ccc(F)cc1. The van der Waals surface area contributed by atoms with Gasteiger partial charge in [-0.1, -0.05) is 18.2 Å². The van der Waals surface area contributed by atoms with E-state index in [1.165, 1.54) is 17.0 Å². The molecule has 208 valence electrons. The minimum atomic E-state index is -5.06. The van der Waals surface area contributed by atoms with Crippen LogP contribution in [0.3, 0.4) is 0 Å². The van der Waals surface area contributed by atoms with Gasteiger partial charge >= 0.3 is 12.4 Å². The first kappa shape index (κ1) is 28.5. The number of piperazine rings is 1. The van der Waals surface area contributed by atoms with E-state index >= 15 is 0 Å². The van der Waals surface area contributed by atoms with Crippen molar-refractivity contribution in [1.29, 1.82) is 0 Å². The molecule has 4 rings (SSSR count). The molecular formula is C28H26F7N3O. The monoisotopic (exact) mass is 553 g/mol. The predicted octanol–water partition coefficient (Wildman–Crippen LogP) is 6.26. The molecule has 2 heterocycles. The summed E-state index contributed by atoms with van der Waals surface area (Å²) in [5, 5.41) is 0.